The third-order valence-corrected chi connectivity index (χ3v) is 24.1. The molecule has 0 fully saturated rings. The fraction of sp³-hybridized carbons (Fsp3) is 0.778. The first-order valence-electron chi connectivity index (χ1n) is 8.62. The van der Waals surface area contributed by atoms with Gasteiger partial charge in [0.1, 0.15) is 0 Å². The molecule has 0 spiro atoms. The van der Waals surface area contributed by atoms with Crippen LogP contribution in [0.1, 0.15) is 0 Å². The molecule has 0 radical (unpaired) electrons. The van der Waals surface area contributed by atoms with Gasteiger partial charge in [0.25, 0.3) is 0 Å². The summed E-state index contributed by atoms with van der Waals surface area (Å²) in [6.07, 6.45) is 0. The minimum Gasteiger partial charge on any atom is -0.248 e. The van der Waals surface area contributed by atoms with Gasteiger partial charge in [-0.1, -0.05) is 0 Å². The first-order chi connectivity index (χ1) is 19.2. The Morgan fingerprint density at radius 1 is 0.391 bits per heavy atom. The van der Waals surface area contributed by atoms with E-state index in [9.17, 15) is 130 Å². The van der Waals surface area contributed by atoms with E-state index in [0.717, 1.165) is 0 Å². The van der Waals surface area contributed by atoms with Gasteiger partial charge in [0.05, 0.1) is 0 Å². The lowest BCUT2D eigenvalue weighted by Gasteiger charge is -2.30. The average molecular weight is 866 g/mol. The maximum atomic E-state index is 13.3. The summed E-state index contributed by atoms with van der Waals surface area (Å²) in [6.45, 7) is 0. The number of hydrogen-bond donors (Lipinski definition) is 0. The molecule has 1 atom stereocenters. The van der Waals surface area contributed by atoms with Crippen molar-refractivity contribution < 1.29 is 130 Å². The summed E-state index contributed by atoms with van der Waals surface area (Å²) in [4.78, 5) is 0. The Labute approximate surface area is 241 Å². The number of sulfone groups is 6. The highest BCUT2D eigenvalue weighted by Crippen LogP contribution is 2.63. The SMILES string of the molecule is O=S(=O)(C(=[P+]([C-](S(=O)(=O)C(F)(F)F)S(=O)(=O)C(F)(F)F)C(S(=O)(=O)C(F)(F)F)S(=O)(=O)C(F)(F)F)S(=O)(=O)C(F)(F)F)C(F)(F)F. The van der Waals surface area contributed by atoms with Gasteiger partial charge < -0.3 is 0 Å². The lowest BCUT2D eigenvalue weighted by atomic mass is 11.5. The van der Waals surface area contributed by atoms with Gasteiger partial charge in [-0.3, -0.25) is 0 Å². The molecule has 0 saturated carbocycles. The van der Waals surface area contributed by atoms with Crippen molar-refractivity contribution in [2.75, 3.05) is 0 Å². The number of rotatable bonds is 8. The number of alkyl halides is 18. The van der Waals surface area contributed by atoms with Crippen molar-refractivity contribution >= 4 is 70.5 Å². The van der Waals surface area contributed by atoms with Crippen LogP contribution in [-0.2, 0) is 59.0 Å². The molecular weight excluding hydrogens is 865 g/mol. The molecule has 0 rings (SSSR count). The van der Waals surface area contributed by atoms with E-state index >= 15 is 0 Å². The fourth-order valence-electron chi connectivity index (χ4n) is 2.12. The van der Waals surface area contributed by atoms with Crippen molar-refractivity contribution in [2.24, 2.45) is 0 Å². The third-order valence-electron chi connectivity index (χ3n) is 3.92. The minimum absolute atomic E-state index is 5.99. The average Bonchev–Trinajstić information content (AvgIpc) is 2.67. The van der Waals surface area contributed by atoms with E-state index in [1.54, 1.807) is 0 Å². The molecule has 0 aliphatic rings. The van der Waals surface area contributed by atoms with E-state index in [4.69, 9.17) is 0 Å². The van der Waals surface area contributed by atoms with Crippen LogP contribution in [0.15, 0.2) is 0 Å². The van der Waals surface area contributed by atoms with Crippen LogP contribution in [0, 0.1) is 4.32 Å². The summed E-state index contributed by atoms with van der Waals surface area (Å²) in [5.41, 5.74) is -49.3. The van der Waals surface area contributed by atoms with Crippen LogP contribution in [0.2, 0.25) is 0 Å². The molecule has 0 aromatic rings. The zero-order valence-electron chi connectivity index (χ0n) is 19.2. The van der Waals surface area contributed by atoms with E-state index < -0.39 is 112 Å². The van der Waals surface area contributed by atoms with Gasteiger partial charge in [-0.05, 0) is 0 Å². The largest absolute Gasteiger partial charge is 0.506 e. The molecule has 0 bridgehead atoms. The lowest BCUT2D eigenvalue weighted by Crippen LogP contribution is -2.49. The second-order valence-corrected chi connectivity index (χ2v) is 23.4. The zero-order chi connectivity index (χ0) is 38.3. The lowest BCUT2D eigenvalue weighted by molar-refractivity contribution is -0.0466. The Morgan fingerprint density at radius 2 is 0.609 bits per heavy atom. The summed E-state index contributed by atoms with van der Waals surface area (Å²) in [7, 11) is -66.2. The summed E-state index contributed by atoms with van der Waals surface area (Å²) in [6, 6.07) is 0. The molecule has 0 aromatic carbocycles. The van der Waals surface area contributed by atoms with Gasteiger partial charge in [-0.25, -0.2) is 50.5 Å². The van der Waals surface area contributed by atoms with Crippen molar-refractivity contribution in [1.82, 2.24) is 0 Å². The Bertz CT molecular complexity index is 1690. The molecule has 0 saturated heterocycles. The van der Waals surface area contributed by atoms with E-state index in [-0.39, 0.29) is 0 Å². The van der Waals surface area contributed by atoms with Gasteiger partial charge in [0.2, 0.25) is 0 Å². The molecule has 1 unspecified atom stereocenters. The van der Waals surface area contributed by atoms with Crippen LogP contribution in [-0.4, -0.2) is 91.8 Å². The Morgan fingerprint density at radius 3 is 0.761 bits per heavy atom. The van der Waals surface area contributed by atoms with Crippen LogP contribution in [0.25, 0.3) is 0 Å². The van der Waals surface area contributed by atoms with E-state index in [2.05, 4.69) is 0 Å². The standard InChI is InChI=1S/C9HF18O12PS6/c10-4(11,12)41(28,29)1(42(30,31)5(13,14)15)40(2(43(32,33)6(16,17)18)44(34,35)7(19,20)21)3(45(36,37)8(22,23)24)46(38,39)9(25,26)27/h1H. The van der Waals surface area contributed by atoms with Crippen molar-refractivity contribution in [3.63, 3.8) is 0 Å². The fourth-order valence-corrected chi connectivity index (χ4v) is 23.5. The Balaban J connectivity index is 10.6. The molecule has 46 heavy (non-hydrogen) atoms. The molecule has 37 heteroatoms. The summed E-state index contributed by atoms with van der Waals surface area (Å²) in [5, 5.41) is 0. The van der Waals surface area contributed by atoms with Crippen LogP contribution in [0.4, 0.5) is 79.0 Å². The van der Waals surface area contributed by atoms with Crippen LogP contribution in [0.5, 0.6) is 0 Å². The van der Waals surface area contributed by atoms with E-state index in [1.165, 1.54) is 0 Å². The first kappa shape index (κ1) is 44.6. The quantitative estimate of drug-likeness (QED) is 0.196. The monoisotopic (exact) mass is 866 g/mol. The van der Waals surface area contributed by atoms with Crippen molar-refractivity contribution in [3.05, 3.63) is 4.32 Å². The summed E-state index contributed by atoms with van der Waals surface area (Å²) >= 11 is 0. The number of hydrogen-bond acceptors (Lipinski definition) is 12. The van der Waals surface area contributed by atoms with Crippen LogP contribution >= 0.6 is 7.55 Å². The van der Waals surface area contributed by atoms with Crippen molar-refractivity contribution in [1.29, 1.82) is 0 Å². The molecule has 0 aliphatic heterocycles. The highest BCUT2D eigenvalue weighted by molar-refractivity contribution is 8.43. The van der Waals surface area contributed by atoms with Gasteiger partial charge in [-0.15, -0.1) is 0 Å². The first-order valence-corrected chi connectivity index (χ1v) is 19.1. The topological polar surface area (TPSA) is 205 Å². The maximum Gasteiger partial charge on any atom is 0.506 e. The summed E-state index contributed by atoms with van der Waals surface area (Å²) in [5.74, 6) is 0. The molecule has 0 heterocycles. The zero-order valence-corrected chi connectivity index (χ0v) is 25.0. The van der Waals surface area contributed by atoms with Gasteiger partial charge >= 0.3 is 80.7 Å². The normalized spacial score (nSPS) is 16.6. The second-order valence-electron chi connectivity index (χ2n) is 6.99. The molecule has 276 valence electrons. The van der Waals surface area contributed by atoms with Gasteiger partial charge in [0, 0.05) is 7.55 Å². The van der Waals surface area contributed by atoms with E-state index in [0.29, 0.717) is 0 Å². The number of halogens is 18. The second kappa shape index (κ2) is 11.6. The summed E-state index contributed by atoms with van der Waals surface area (Å²) < 4.78 is 362. The third kappa shape index (κ3) is 7.29. The molecular formula is C9HF18O12PS6. The Kier molecular flexibility index (Phi) is 11.3. The smallest absolute Gasteiger partial charge is 0.248 e. The van der Waals surface area contributed by atoms with Crippen LogP contribution < -0.4 is 0 Å². The highest BCUT2D eigenvalue weighted by atomic mass is 32.3. The van der Waals surface area contributed by atoms with E-state index in [1.807, 2.05) is 0 Å². The van der Waals surface area contributed by atoms with Gasteiger partial charge in [0.15, 0.2) is 24.0 Å². The van der Waals surface area contributed by atoms with Crippen molar-refractivity contribution in [3.8, 4) is 0 Å². The van der Waals surface area contributed by atoms with Crippen LogP contribution in [0.3, 0.4) is 0 Å². The molecule has 12 nitrogen and oxygen atoms in total. The Hall–Kier alpha value is -1.39. The molecule has 0 N–H and O–H groups in total. The minimum atomic E-state index is -9.60. The molecule has 0 aliphatic carbocycles. The molecule has 0 aromatic heterocycles. The van der Waals surface area contributed by atoms with Gasteiger partial charge in [-0.2, -0.15) is 79.0 Å². The molecule has 0 amide bonds. The maximum absolute atomic E-state index is 13.3. The predicted molar refractivity (Wildman–Crippen MR) is 109 cm³/mol. The predicted octanol–water partition coefficient (Wildman–Crippen LogP) is 2.89. The highest BCUT2D eigenvalue weighted by Gasteiger charge is 2.76. The van der Waals surface area contributed by atoms with Crippen molar-refractivity contribution in [2.45, 2.75) is 37.4 Å².